The van der Waals surface area contributed by atoms with Crippen molar-refractivity contribution in [1.82, 2.24) is 24.9 Å². The minimum absolute atomic E-state index is 0.210. The summed E-state index contributed by atoms with van der Waals surface area (Å²) < 4.78 is 13.3. The number of methoxy groups -OCH3 is 1. The van der Waals surface area contributed by atoms with Crippen LogP contribution in [0.4, 0.5) is 5.82 Å². The summed E-state index contributed by atoms with van der Waals surface area (Å²) in [6.45, 7) is 10.00. The average Bonchev–Trinajstić information content (AvgIpc) is 3.33. The van der Waals surface area contributed by atoms with Gasteiger partial charge in [0.15, 0.2) is 0 Å². The van der Waals surface area contributed by atoms with Crippen LogP contribution in [0.1, 0.15) is 54.7 Å². The molecule has 32 heavy (non-hydrogen) atoms. The molecule has 5 rings (SSSR count). The predicted octanol–water partition coefficient (Wildman–Crippen LogP) is 4.99. The molecule has 3 aromatic heterocycles. The second kappa shape index (κ2) is 7.47. The van der Waals surface area contributed by atoms with E-state index in [0.29, 0.717) is 12.2 Å². The zero-order valence-corrected chi connectivity index (χ0v) is 19.1. The molecule has 0 amide bonds. The Bertz CT molecular complexity index is 1300. The molecule has 0 radical (unpaired) electrons. The van der Waals surface area contributed by atoms with Crippen LogP contribution in [-0.4, -0.2) is 32.0 Å². The molecule has 0 spiro atoms. The van der Waals surface area contributed by atoms with Crippen molar-refractivity contribution in [3.63, 3.8) is 0 Å². The number of rotatable bonds is 4. The molecule has 1 aliphatic carbocycles. The van der Waals surface area contributed by atoms with Crippen molar-refractivity contribution in [1.29, 1.82) is 0 Å². The van der Waals surface area contributed by atoms with Gasteiger partial charge in [-0.15, -0.1) is 0 Å². The average molecular weight is 431 g/mol. The quantitative estimate of drug-likeness (QED) is 0.623. The minimum atomic E-state index is 0.210. The van der Waals surface area contributed by atoms with E-state index in [1.165, 1.54) is 0 Å². The molecule has 0 atom stereocenters. The number of anilines is 1. The van der Waals surface area contributed by atoms with Gasteiger partial charge in [-0.2, -0.15) is 5.10 Å². The van der Waals surface area contributed by atoms with Gasteiger partial charge in [0.2, 0.25) is 0 Å². The maximum Gasteiger partial charge on any atom is 0.142 e. The maximum absolute atomic E-state index is 5.86. The largest absolute Gasteiger partial charge is 0.496 e. The van der Waals surface area contributed by atoms with Gasteiger partial charge in [-0.05, 0) is 58.4 Å². The van der Waals surface area contributed by atoms with Crippen molar-refractivity contribution in [2.45, 2.75) is 47.1 Å². The molecule has 0 aromatic carbocycles. The van der Waals surface area contributed by atoms with Crippen LogP contribution in [0, 0.1) is 20.8 Å². The third kappa shape index (κ3) is 3.14. The van der Waals surface area contributed by atoms with Gasteiger partial charge in [0.05, 0.1) is 24.1 Å². The molecule has 0 unspecified atom stereocenters. The Kier molecular flexibility index (Phi) is 4.73. The SMILES string of the molecule is COC1=C(c2c(C)noc2C)C=C2CC(=C1)c1c(nc(C)nc1-c1ccnn1C(C)C)N2. The van der Waals surface area contributed by atoms with Crippen molar-refractivity contribution < 1.29 is 9.26 Å². The van der Waals surface area contributed by atoms with Crippen LogP contribution in [-0.2, 0) is 4.74 Å². The Morgan fingerprint density at radius 2 is 1.94 bits per heavy atom. The lowest BCUT2D eigenvalue weighted by atomic mass is 9.94. The number of allylic oxidation sites excluding steroid dienone is 4. The number of aromatic nitrogens is 5. The Labute approximate surface area is 186 Å². The second-order valence-electron chi connectivity index (χ2n) is 8.42. The van der Waals surface area contributed by atoms with E-state index in [1.54, 1.807) is 7.11 Å². The third-order valence-electron chi connectivity index (χ3n) is 5.82. The second-order valence-corrected chi connectivity index (χ2v) is 8.42. The van der Waals surface area contributed by atoms with Gasteiger partial charge in [-0.25, -0.2) is 9.97 Å². The Balaban J connectivity index is 1.76. The summed E-state index contributed by atoms with van der Waals surface area (Å²) in [7, 11) is 1.69. The molecule has 0 fully saturated rings. The molecule has 1 N–H and O–H groups in total. The monoisotopic (exact) mass is 430 g/mol. The summed E-state index contributed by atoms with van der Waals surface area (Å²) in [5.74, 6) is 3.01. The fraction of sp³-hybridized carbons (Fsp3) is 0.333. The van der Waals surface area contributed by atoms with E-state index >= 15 is 0 Å². The van der Waals surface area contributed by atoms with E-state index < -0.39 is 0 Å². The molecule has 0 saturated carbocycles. The molecule has 4 heterocycles. The highest BCUT2D eigenvalue weighted by atomic mass is 16.5. The number of ether oxygens (including phenoxy) is 1. The lowest BCUT2D eigenvalue weighted by Gasteiger charge is -2.25. The van der Waals surface area contributed by atoms with Crippen LogP contribution in [0.5, 0.6) is 0 Å². The summed E-state index contributed by atoms with van der Waals surface area (Å²) in [4.78, 5) is 9.58. The summed E-state index contributed by atoms with van der Waals surface area (Å²) in [6, 6.07) is 2.22. The van der Waals surface area contributed by atoms with Crippen molar-refractivity contribution in [2.24, 2.45) is 0 Å². The lowest BCUT2D eigenvalue weighted by Crippen LogP contribution is -2.15. The number of fused-ring (bicyclic) bond motifs is 4. The van der Waals surface area contributed by atoms with Gasteiger partial charge in [-0.1, -0.05) is 5.16 Å². The maximum atomic E-state index is 5.86. The number of nitrogens with zero attached hydrogens (tertiary/aromatic N) is 5. The topological polar surface area (TPSA) is 90.9 Å². The van der Waals surface area contributed by atoms with Crippen LogP contribution < -0.4 is 5.32 Å². The van der Waals surface area contributed by atoms with Gasteiger partial charge in [0.25, 0.3) is 0 Å². The third-order valence-corrected chi connectivity index (χ3v) is 5.82. The summed E-state index contributed by atoms with van der Waals surface area (Å²) >= 11 is 0. The molecule has 1 aliphatic heterocycles. The predicted molar refractivity (Wildman–Crippen MR) is 123 cm³/mol. The van der Waals surface area contributed by atoms with E-state index in [1.807, 2.05) is 37.7 Å². The highest BCUT2D eigenvalue weighted by Gasteiger charge is 2.30. The van der Waals surface area contributed by atoms with Crippen molar-refractivity contribution in [3.8, 4) is 11.4 Å². The fourth-order valence-corrected chi connectivity index (χ4v) is 4.48. The van der Waals surface area contributed by atoms with E-state index in [9.17, 15) is 0 Å². The zero-order chi connectivity index (χ0) is 22.6. The molecule has 2 bridgehead atoms. The van der Waals surface area contributed by atoms with Gasteiger partial charge >= 0.3 is 0 Å². The van der Waals surface area contributed by atoms with Crippen LogP contribution in [0.15, 0.2) is 40.4 Å². The van der Waals surface area contributed by atoms with Crippen LogP contribution in [0.25, 0.3) is 22.5 Å². The molecular weight excluding hydrogens is 404 g/mol. The van der Waals surface area contributed by atoms with E-state index in [-0.39, 0.29) is 6.04 Å². The van der Waals surface area contributed by atoms with Crippen LogP contribution in [0.2, 0.25) is 0 Å². The standard InChI is InChI=1S/C24H26N6O2/c1-12(2)30-19(7-8-25-30)23-22-16-9-17(28-24(22)27-15(5)26-23)11-18(20(10-16)31-6)21-13(3)29-32-14(21)4/h7-8,10-12H,9H2,1-6H3,(H,26,27,28). The first-order valence-electron chi connectivity index (χ1n) is 10.7. The summed E-state index contributed by atoms with van der Waals surface area (Å²) in [5, 5.41) is 12.2. The number of aryl methyl sites for hydroxylation is 3. The Morgan fingerprint density at radius 1 is 1.12 bits per heavy atom. The van der Waals surface area contributed by atoms with Crippen molar-refractivity contribution in [2.75, 3.05) is 12.4 Å². The van der Waals surface area contributed by atoms with Gasteiger partial charge < -0.3 is 14.6 Å². The van der Waals surface area contributed by atoms with Gasteiger partial charge in [-0.3, -0.25) is 4.68 Å². The molecule has 2 aliphatic rings. The first-order valence-corrected chi connectivity index (χ1v) is 10.7. The van der Waals surface area contributed by atoms with Crippen molar-refractivity contribution >= 4 is 17.0 Å². The normalized spacial score (nSPS) is 15.2. The highest BCUT2D eigenvalue weighted by Crippen LogP contribution is 2.44. The lowest BCUT2D eigenvalue weighted by molar-refractivity contribution is 0.309. The molecule has 8 nitrogen and oxygen atoms in total. The number of hydrogen-bond donors (Lipinski definition) is 1. The molecule has 3 aromatic rings. The smallest absolute Gasteiger partial charge is 0.142 e. The van der Waals surface area contributed by atoms with Gasteiger partial charge in [0, 0.05) is 35.5 Å². The van der Waals surface area contributed by atoms with E-state index in [0.717, 1.165) is 62.4 Å². The Hall–Kier alpha value is -3.68. The molecule has 0 saturated heterocycles. The Morgan fingerprint density at radius 3 is 2.62 bits per heavy atom. The summed E-state index contributed by atoms with van der Waals surface area (Å²) in [6.07, 6.45) is 6.72. The van der Waals surface area contributed by atoms with E-state index in [4.69, 9.17) is 19.2 Å². The molecular formula is C24H26N6O2. The van der Waals surface area contributed by atoms with E-state index in [2.05, 4.69) is 41.6 Å². The first-order chi connectivity index (χ1) is 15.4. The van der Waals surface area contributed by atoms with Gasteiger partial charge in [0.1, 0.15) is 28.9 Å². The number of nitrogens with one attached hydrogen (secondary N) is 1. The number of hydrogen-bond acceptors (Lipinski definition) is 7. The van der Waals surface area contributed by atoms with Crippen LogP contribution in [0.3, 0.4) is 0 Å². The van der Waals surface area contributed by atoms with Crippen LogP contribution >= 0.6 is 0 Å². The van der Waals surface area contributed by atoms with Crippen molar-refractivity contribution in [3.05, 3.63) is 64.3 Å². The fourth-order valence-electron chi connectivity index (χ4n) is 4.48. The zero-order valence-electron chi connectivity index (χ0n) is 19.1. The molecule has 164 valence electrons. The summed E-state index contributed by atoms with van der Waals surface area (Å²) in [5.41, 5.74) is 7.65. The minimum Gasteiger partial charge on any atom is -0.496 e. The first kappa shape index (κ1) is 20.2. The molecule has 8 heteroatoms. The highest BCUT2D eigenvalue weighted by molar-refractivity contribution is 5.93.